The minimum Gasteiger partial charge on any atom is -0.488 e. The normalized spacial score (nSPS) is 11.8. The molecule has 5 aromatic rings. The Morgan fingerprint density at radius 3 is 2.41 bits per heavy atom. The second-order valence-electron chi connectivity index (χ2n) is 9.00. The van der Waals surface area contributed by atoms with E-state index in [0.717, 1.165) is 37.5 Å². The van der Waals surface area contributed by atoms with Gasteiger partial charge >= 0.3 is 0 Å². The van der Waals surface area contributed by atoms with E-state index < -0.39 is 6.10 Å². The van der Waals surface area contributed by atoms with Gasteiger partial charge in [-0.2, -0.15) is 5.10 Å². The summed E-state index contributed by atoms with van der Waals surface area (Å²) in [6, 6.07) is 37.7. The molecule has 0 heterocycles. The molecule has 1 amide bonds. The first-order chi connectivity index (χ1) is 19.1. The molecule has 0 aliphatic rings. The third kappa shape index (κ3) is 6.72. The second kappa shape index (κ2) is 12.4. The van der Waals surface area contributed by atoms with E-state index in [1.165, 1.54) is 0 Å². The molecule has 5 rings (SSSR count). The molecule has 1 N–H and O–H groups in total. The lowest BCUT2D eigenvalue weighted by Gasteiger charge is -2.14. The topological polar surface area (TPSA) is 59.9 Å². The number of hydrazone groups is 1. The molecule has 5 nitrogen and oxygen atoms in total. The Bertz CT molecular complexity index is 1600. The summed E-state index contributed by atoms with van der Waals surface area (Å²) in [5.74, 6) is 0.934. The molecule has 0 bridgehead atoms. The number of nitrogens with one attached hydrogen (secondary N) is 1. The van der Waals surface area contributed by atoms with Crippen LogP contribution in [-0.2, 0) is 11.4 Å². The fourth-order valence-electron chi connectivity index (χ4n) is 4.19. The van der Waals surface area contributed by atoms with Gasteiger partial charge in [-0.1, -0.05) is 101 Å². The fourth-order valence-corrected chi connectivity index (χ4v) is 4.63. The Labute approximate surface area is 236 Å². The number of halogens is 1. The van der Waals surface area contributed by atoms with Gasteiger partial charge in [0.15, 0.2) is 6.10 Å². The first kappa shape index (κ1) is 26.2. The van der Waals surface area contributed by atoms with Gasteiger partial charge in [0.25, 0.3) is 5.91 Å². The Morgan fingerprint density at radius 2 is 1.62 bits per heavy atom. The average molecular weight is 579 g/mol. The van der Waals surface area contributed by atoms with Gasteiger partial charge in [0.05, 0.1) is 6.21 Å². The lowest BCUT2D eigenvalue weighted by Crippen LogP contribution is -2.33. The number of rotatable bonds is 9. The van der Waals surface area contributed by atoms with Crippen molar-refractivity contribution in [1.82, 2.24) is 5.43 Å². The number of hydrogen-bond donors (Lipinski definition) is 1. The van der Waals surface area contributed by atoms with Gasteiger partial charge in [0, 0.05) is 10.0 Å². The maximum Gasteiger partial charge on any atom is 0.280 e. The Kier molecular flexibility index (Phi) is 8.34. The zero-order chi connectivity index (χ0) is 27.0. The van der Waals surface area contributed by atoms with E-state index in [1.54, 1.807) is 13.1 Å². The zero-order valence-corrected chi connectivity index (χ0v) is 23.0. The number of ether oxygens (including phenoxy) is 2. The van der Waals surface area contributed by atoms with Gasteiger partial charge in [-0.3, -0.25) is 4.79 Å². The average Bonchev–Trinajstić information content (AvgIpc) is 2.97. The van der Waals surface area contributed by atoms with E-state index in [9.17, 15) is 4.79 Å². The smallest absolute Gasteiger partial charge is 0.280 e. The van der Waals surface area contributed by atoms with E-state index >= 15 is 0 Å². The van der Waals surface area contributed by atoms with E-state index in [2.05, 4.69) is 38.6 Å². The lowest BCUT2D eigenvalue weighted by molar-refractivity contribution is -0.127. The van der Waals surface area contributed by atoms with Crippen molar-refractivity contribution in [3.8, 4) is 22.6 Å². The molecule has 0 fully saturated rings. The van der Waals surface area contributed by atoms with Crippen molar-refractivity contribution in [2.24, 2.45) is 5.10 Å². The number of hydrogen-bond acceptors (Lipinski definition) is 4. The molecular weight excluding hydrogens is 552 g/mol. The minimum absolute atomic E-state index is 0.352. The molecule has 0 aliphatic carbocycles. The quantitative estimate of drug-likeness (QED) is 0.143. The monoisotopic (exact) mass is 578 g/mol. The third-order valence-electron chi connectivity index (χ3n) is 6.23. The van der Waals surface area contributed by atoms with E-state index in [1.807, 2.05) is 103 Å². The first-order valence-electron chi connectivity index (χ1n) is 12.6. The van der Waals surface area contributed by atoms with Crippen molar-refractivity contribution in [2.75, 3.05) is 0 Å². The van der Waals surface area contributed by atoms with Crippen LogP contribution in [0.3, 0.4) is 0 Å². The highest BCUT2D eigenvalue weighted by Gasteiger charge is 2.14. The standard InChI is InChI=1S/C33H27BrN2O3/c1-23(39-29-17-14-26(15-18-29)25-9-3-2-4-10-25)33(37)36-35-21-31-30-13-6-5-11-27(30)16-19-32(31)38-22-24-8-7-12-28(34)20-24/h2-21,23H,22H2,1H3,(H,36,37)/b35-21-. The molecule has 0 radical (unpaired) electrons. The summed E-state index contributed by atoms with van der Waals surface area (Å²) in [7, 11) is 0. The first-order valence-corrected chi connectivity index (χ1v) is 13.4. The summed E-state index contributed by atoms with van der Waals surface area (Å²) in [5, 5.41) is 6.27. The van der Waals surface area contributed by atoms with Crippen LogP contribution in [0.1, 0.15) is 18.1 Å². The minimum atomic E-state index is -0.732. The maximum absolute atomic E-state index is 12.7. The van der Waals surface area contributed by atoms with Crippen LogP contribution in [0.25, 0.3) is 21.9 Å². The van der Waals surface area contributed by atoms with Crippen LogP contribution < -0.4 is 14.9 Å². The number of nitrogens with zero attached hydrogens (tertiary/aromatic N) is 1. The van der Waals surface area contributed by atoms with Crippen LogP contribution >= 0.6 is 15.9 Å². The van der Waals surface area contributed by atoms with Crippen LogP contribution in [-0.4, -0.2) is 18.2 Å². The fraction of sp³-hybridized carbons (Fsp3) is 0.0909. The van der Waals surface area contributed by atoms with Crippen molar-refractivity contribution in [2.45, 2.75) is 19.6 Å². The molecule has 1 atom stereocenters. The summed E-state index contributed by atoms with van der Waals surface area (Å²) in [5.41, 5.74) is 6.63. The zero-order valence-electron chi connectivity index (χ0n) is 21.4. The van der Waals surface area contributed by atoms with Crippen LogP contribution in [0.4, 0.5) is 0 Å². The molecule has 5 aromatic carbocycles. The molecule has 0 spiro atoms. The number of carbonyl (C=O) groups is 1. The van der Waals surface area contributed by atoms with Crippen molar-refractivity contribution >= 4 is 38.8 Å². The number of benzene rings is 5. The molecule has 0 aromatic heterocycles. The summed E-state index contributed by atoms with van der Waals surface area (Å²) < 4.78 is 13.0. The molecule has 0 saturated carbocycles. The highest BCUT2D eigenvalue weighted by Crippen LogP contribution is 2.28. The molecule has 0 saturated heterocycles. The molecule has 1 unspecified atom stereocenters. The second-order valence-corrected chi connectivity index (χ2v) is 9.92. The van der Waals surface area contributed by atoms with Crippen LogP contribution in [0.5, 0.6) is 11.5 Å². The van der Waals surface area contributed by atoms with Crippen molar-refractivity contribution in [3.05, 3.63) is 131 Å². The van der Waals surface area contributed by atoms with Gasteiger partial charge in [-0.25, -0.2) is 5.43 Å². The Hall–Kier alpha value is -4.42. The molecule has 0 aliphatic heterocycles. The Morgan fingerprint density at radius 1 is 0.872 bits per heavy atom. The third-order valence-corrected chi connectivity index (χ3v) is 6.72. The number of carbonyl (C=O) groups excluding carboxylic acids is 1. The van der Waals surface area contributed by atoms with Gasteiger partial charge < -0.3 is 9.47 Å². The van der Waals surface area contributed by atoms with Crippen molar-refractivity contribution in [3.63, 3.8) is 0 Å². The summed E-state index contributed by atoms with van der Waals surface area (Å²) in [6.07, 6.45) is 0.891. The number of amides is 1. The van der Waals surface area contributed by atoms with Crippen molar-refractivity contribution < 1.29 is 14.3 Å². The van der Waals surface area contributed by atoms with Gasteiger partial charge in [-0.05, 0) is 64.7 Å². The van der Waals surface area contributed by atoms with E-state index in [-0.39, 0.29) is 5.91 Å². The highest BCUT2D eigenvalue weighted by atomic mass is 79.9. The van der Waals surface area contributed by atoms with Gasteiger partial charge in [0.1, 0.15) is 18.1 Å². The van der Waals surface area contributed by atoms with Crippen LogP contribution in [0.15, 0.2) is 125 Å². The summed E-state index contributed by atoms with van der Waals surface area (Å²) in [4.78, 5) is 12.7. The largest absolute Gasteiger partial charge is 0.488 e. The highest BCUT2D eigenvalue weighted by molar-refractivity contribution is 9.10. The number of fused-ring (bicyclic) bond motifs is 1. The summed E-state index contributed by atoms with van der Waals surface area (Å²) in [6.45, 7) is 2.10. The molecule has 39 heavy (non-hydrogen) atoms. The van der Waals surface area contributed by atoms with E-state index in [0.29, 0.717) is 18.1 Å². The predicted octanol–water partition coefficient (Wildman–Crippen LogP) is 7.77. The lowest BCUT2D eigenvalue weighted by atomic mass is 10.0. The molecule has 6 heteroatoms. The van der Waals surface area contributed by atoms with Gasteiger partial charge in [0.2, 0.25) is 0 Å². The van der Waals surface area contributed by atoms with Crippen LogP contribution in [0, 0.1) is 0 Å². The van der Waals surface area contributed by atoms with Crippen molar-refractivity contribution in [1.29, 1.82) is 0 Å². The summed E-state index contributed by atoms with van der Waals surface area (Å²) >= 11 is 3.50. The molecular formula is C33H27BrN2O3. The van der Waals surface area contributed by atoms with E-state index in [4.69, 9.17) is 9.47 Å². The maximum atomic E-state index is 12.7. The van der Waals surface area contributed by atoms with Crippen LogP contribution in [0.2, 0.25) is 0 Å². The molecule has 194 valence electrons. The Balaban J connectivity index is 1.26. The SMILES string of the molecule is CC(Oc1ccc(-c2ccccc2)cc1)C(=O)N/N=C\c1c(OCc2cccc(Br)c2)ccc2ccccc12. The predicted molar refractivity (Wildman–Crippen MR) is 160 cm³/mol. The van der Waals surface area contributed by atoms with Gasteiger partial charge in [-0.15, -0.1) is 0 Å².